The summed E-state index contributed by atoms with van der Waals surface area (Å²) in [5.41, 5.74) is 4.12. The molecule has 0 bridgehead atoms. The van der Waals surface area contributed by atoms with Gasteiger partial charge < -0.3 is 15.0 Å². The zero-order chi connectivity index (χ0) is 22.3. The zero-order valence-electron chi connectivity index (χ0n) is 19.0. The minimum absolute atomic E-state index is 0.0133. The number of carbonyl (C=O) groups excluding carboxylic acids is 2. The lowest BCUT2D eigenvalue weighted by Crippen LogP contribution is -2.50. The summed E-state index contributed by atoms with van der Waals surface area (Å²) in [5.74, 6) is 0.552. The fraction of sp³-hybridized carbons (Fsp3) is 0.440. The van der Waals surface area contributed by atoms with E-state index < -0.39 is 6.04 Å². The fourth-order valence-electron chi connectivity index (χ4n) is 3.52. The molecule has 1 N–H and O–H groups in total. The molecule has 1 atom stereocenters. The molecule has 0 heterocycles. The van der Waals surface area contributed by atoms with E-state index in [1.54, 1.807) is 12.0 Å². The number of hydrogen-bond acceptors (Lipinski definition) is 3. The predicted molar refractivity (Wildman–Crippen MR) is 121 cm³/mol. The van der Waals surface area contributed by atoms with Gasteiger partial charge in [-0.2, -0.15) is 0 Å². The Morgan fingerprint density at radius 3 is 2.47 bits per heavy atom. The van der Waals surface area contributed by atoms with Crippen molar-refractivity contribution in [2.75, 3.05) is 7.11 Å². The lowest BCUT2D eigenvalue weighted by molar-refractivity contribution is -0.141. The Bertz CT molecular complexity index is 876. The molecule has 0 aliphatic heterocycles. The van der Waals surface area contributed by atoms with Gasteiger partial charge in [-0.1, -0.05) is 42.8 Å². The van der Waals surface area contributed by atoms with E-state index in [0.29, 0.717) is 13.0 Å². The highest BCUT2D eigenvalue weighted by atomic mass is 16.5. The number of hydrogen-bond donors (Lipinski definition) is 1. The van der Waals surface area contributed by atoms with E-state index in [4.69, 9.17) is 4.74 Å². The maximum absolute atomic E-state index is 13.4. The second-order valence-corrected chi connectivity index (χ2v) is 8.07. The summed E-state index contributed by atoms with van der Waals surface area (Å²) in [6.45, 7) is 10.2. The molecule has 30 heavy (non-hydrogen) atoms. The number of rotatable bonds is 9. The van der Waals surface area contributed by atoms with Crippen LogP contribution in [-0.4, -0.2) is 35.9 Å². The molecule has 162 valence electrons. The van der Waals surface area contributed by atoms with Crippen molar-refractivity contribution in [3.8, 4) is 5.75 Å². The molecule has 0 radical (unpaired) electrons. The van der Waals surface area contributed by atoms with Gasteiger partial charge in [-0.15, -0.1) is 0 Å². The van der Waals surface area contributed by atoms with Crippen molar-refractivity contribution < 1.29 is 14.3 Å². The van der Waals surface area contributed by atoms with Crippen LogP contribution in [0.1, 0.15) is 49.4 Å². The highest BCUT2D eigenvalue weighted by Gasteiger charge is 2.29. The maximum atomic E-state index is 13.4. The van der Waals surface area contributed by atoms with Crippen LogP contribution in [0, 0.1) is 13.8 Å². The van der Waals surface area contributed by atoms with Crippen molar-refractivity contribution in [3.63, 3.8) is 0 Å². The van der Waals surface area contributed by atoms with E-state index in [-0.39, 0.29) is 24.3 Å². The van der Waals surface area contributed by atoms with Crippen molar-refractivity contribution in [3.05, 3.63) is 64.7 Å². The number of benzene rings is 2. The molecule has 2 rings (SSSR count). The standard InChI is InChI=1S/C25H34N2O3/c1-7-23(25(29)26-17(2)3)27(16-20-9-8-10-22(14-20)30-6)24(28)15-21-13-18(4)11-12-19(21)5/h8-14,17,23H,7,15-16H2,1-6H3,(H,26,29). The highest BCUT2D eigenvalue weighted by molar-refractivity contribution is 5.88. The average Bonchev–Trinajstić information content (AvgIpc) is 2.70. The monoisotopic (exact) mass is 410 g/mol. The summed E-state index contributed by atoms with van der Waals surface area (Å²) >= 11 is 0. The van der Waals surface area contributed by atoms with Gasteiger partial charge in [0.2, 0.25) is 11.8 Å². The Labute approximate surface area is 180 Å². The SMILES string of the molecule is CCC(C(=O)NC(C)C)N(Cc1cccc(OC)c1)C(=O)Cc1cc(C)ccc1C. The van der Waals surface area contributed by atoms with Crippen LogP contribution in [0.3, 0.4) is 0 Å². The first-order valence-corrected chi connectivity index (χ1v) is 10.5. The first-order chi connectivity index (χ1) is 14.2. The predicted octanol–water partition coefficient (Wildman–Crippen LogP) is 4.19. The van der Waals surface area contributed by atoms with E-state index in [0.717, 1.165) is 28.0 Å². The van der Waals surface area contributed by atoms with Crippen molar-refractivity contribution >= 4 is 11.8 Å². The highest BCUT2D eigenvalue weighted by Crippen LogP contribution is 2.19. The summed E-state index contributed by atoms with van der Waals surface area (Å²) in [6, 6.07) is 13.2. The van der Waals surface area contributed by atoms with Gasteiger partial charge >= 0.3 is 0 Å². The third kappa shape index (κ3) is 6.34. The maximum Gasteiger partial charge on any atom is 0.243 e. The summed E-state index contributed by atoms with van der Waals surface area (Å²) in [7, 11) is 1.62. The molecule has 0 aliphatic rings. The van der Waals surface area contributed by atoms with Gasteiger partial charge in [0, 0.05) is 12.6 Å². The Hall–Kier alpha value is -2.82. The average molecular weight is 411 g/mol. The summed E-state index contributed by atoms with van der Waals surface area (Å²) in [6.07, 6.45) is 0.810. The third-order valence-corrected chi connectivity index (χ3v) is 5.15. The Balaban J connectivity index is 2.36. The quantitative estimate of drug-likeness (QED) is 0.674. The van der Waals surface area contributed by atoms with Crippen LogP contribution >= 0.6 is 0 Å². The molecule has 0 fully saturated rings. The number of ether oxygens (including phenoxy) is 1. The van der Waals surface area contributed by atoms with Gasteiger partial charge in [0.1, 0.15) is 11.8 Å². The summed E-state index contributed by atoms with van der Waals surface area (Å²) < 4.78 is 5.33. The van der Waals surface area contributed by atoms with E-state index in [1.165, 1.54) is 0 Å². The number of methoxy groups -OCH3 is 1. The van der Waals surface area contributed by atoms with Crippen LogP contribution in [0.2, 0.25) is 0 Å². The molecule has 1 unspecified atom stereocenters. The van der Waals surface area contributed by atoms with Crippen LogP contribution < -0.4 is 10.1 Å². The molecule has 0 aliphatic carbocycles. The van der Waals surface area contributed by atoms with Crippen LogP contribution in [0.15, 0.2) is 42.5 Å². The molecule has 0 spiro atoms. The largest absolute Gasteiger partial charge is 0.497 e. The van der Waals surface area contributed by atoms with E-state index >= 15 is 0 Å². The minimum atomic E-state index is -0.531. The zero-order valence-corrected chi connectivity index (χ0v) is 19.0. The first-order valence-electron chi connectivity index (χ1n) is 10.5. The van der Waals surface area contributed by atoms with Crippen molar-refractivity contribution in [1.29, 1.82) is 0 Å². The summed E-state index contributed by atoms with van der Waals surface area (Å²) in [4.78, 5) is 28.0. The van der Waals surface area contributed by atoms with Gasteiger partial charge in [0.15, 0.2) is 0 Å². The molecular weight excluding hydrogens is 376 g/mol. The molecule has 2 amide bonds. The number of amides is 2. The molecular formula is C25H34N2O3. The lowest BCUT2D eigenvalue weighted by Gasteiger charge is -2.31. The number of aryl methyl sites for hydroxylation is 2. The Morgan fingerprint density at radius 1 is 1.10 bits per heavy atom. The molecule has 5 heteroatoms. The second-order valence-electron chi connectivity index (χ2n) is 8.07. The third-order valence-electron chi connectivity index (χ3n) is 5.15. The van der Waals surface area contributed by atoms with Crippen molar-refractivity contribution in [1.82, 2.24) is 10.2 Å². The summed E-state index contributed by atoms with van der Waals surface area (Å²) in [5, 5.41) is 2.96. The Kier molecular flexibility index (Phi) is 8.46. The number of nitrogens with one attached hydrogen (secondary N) is 1. The topological polar surface area (TPSA) is 58.6 Å². The van der Waals surface area contributed by atoms with E-state index in [1.807, 2.05) is 77.1 Å². The molecule has 5 nitrogen and oxygen atoms in total. The van der Waals surface area contributed by atoms with Gasteiger partial charge in [-0.3, -0.25) is 9.59 Å². The van der Waals surface area contributed by atoms with E-state index in [2.05, 4.69) is 5.32 Å². The fourth-order valence-corrected chi connectivity index (χ4v) is 3.52. The normalized spacial score (nSPS) is 11.8. The van der Waals surface area contributed by atoms with Crippen LogP contribution in [0.4, 0.5) is 0 Å². The van der Waals surface area contributed by atoms with Crippen molar-refractivity contribution in [2.24, 2.45) is 0 Å². The number of carbonyl (C=O) groups is 2. The van der Waals surface area contributed by atoms with Crippen LogP contribution in [0.5, 0.6) is 5.75 Å². The van der Waals surface area contributed by atoms with Crippen LogP contribution in [0.25, 0.3) is 0 Å². The lowest BCUT2D eigenvalue weighted by atomic mass is 10.0. The molecule has 2 aromatic rings. The smallest absolute Gasteiger partial charge is 0.243 e. The van der Waals surface area contributed by atoms with Gasteiger partial charge in [0.25, 0.3) is 0 Å². The number of nitrogens with zero attached hydrogens (tertiary/aromatic N) is 1. The van der Waals surface area contributed by atoms with E-state index in [9.17, 15) is 9.59 Å². The molecule has 2 aromatic carbocycles. The molecule has 0 saturated carbocycles. The molecule has 0 aromatic heterocycles. The van der Waals surface area contributed by atoms with Gasteiger partial charge in [-0.05, 0) is 62.9 Å². The van der Waals surface area contributed by atoms with Gasteiger partial charge in [0.05, 0.1) is 13.5 Å². The first kappa shape index (κ1) is 23.5. The van der Waals surface area contributed by atoms with Crippen LogP contribution in [-0.2, 0) is 22.6 Å². The minimum Gasteiger partial charge on any atom is -0.497 e. The van der Waals surface area contributed by atoms with Crippen molar-refractivity contribution in [2.45, 2.75) is 66.1 Å². The second kappa shape index (κ2) is 10.8. The molecule has 0 saturated heterocycles. The van der Waals surface area contributed by atoms with Gasteiger partial charge in [-0.25, -0.2) is 0 Å². The Morgan fingerprint density at radius 2 is 1.83 bits per heavy atom.